The van der Waals surface area contributed by atoms with Gasteiger partial charge in [0.2, 0.25) is 15.0 Å². The Balaban J connectivity index is 0.00000162. The van der Waals surface area contributed by atoms with Gasteiger partial charge in [0.05, 0.1) is 5.75 Å². The molecule has 0 radical (unpaired) electrons. The van der Waals surface area contributed by atoms with Crippen LogP contribution in [0.4, 0.5) is 0 Å². The highest BCUT2D eigenvalue weighted by Crippen LogP contribution is 2.15. The number of nitrogens with zero attached hydrogens (tertiary/aromatic N) is 2. The first kappa shape index (κ1) is 15.6. The first-order chi connectivity index (χ1) is 7.97. The Hall–Kier alpha value is -0.430. The molecule has 1 atom stereocenters. The van der Waals surface area contributed by atoms with Crippen LogP contribution in [0.2, 0.25) is 5.15 Å². The summed E-state index contributed by atoms with van der Waals surface area (Å²) in [5, 5.41) is 3.14. The summed E-state index contributed by atoms with van der Waals surface area (Å²) in [6.45, 7) is 2.57. The van der Waals surface area contributed by atoms with E-state index < -0.39 is 9.84 Å². The standard InChI is InChI=1S/C10H14ClN3O2S.ClH/c1-7-5-9(11)14-10(13-7)17(15,16)6-8-3-2-4-12-8;/h5,8,12H,2-4,6H2,1H3;1H. The van der Waals surface area contributed by atoms with E-state index >= 15 is 0 Å². The van der Waals surface area contributed by atoms with Crippen molar-refractivity contribution in [2.45, 2.75) is 31.0 Å². The maximum atomic E-state index is 12.1. The molecule has 2 rings (SSSR count). The zero-order valence-electron chi connectivity index (χ0n) is 9.89. The maximum absolute atomic E-state index is 12.1. The molecule has 1 aromatic heterocycles. The Labute approximate surface area is 118 Å². The molecule has 0 bridgehead atoms. The molecule has 102 valence electrons. The summed E-state index contributed by atoms with van der Waals surface area (Å²) >= 11 is 5.74. The van der Waals surface area contributed by atoms with Crippen LogP contribution in [0.1, 0.15) is 18.5 Å². The van der Waals surface area contributed by atoms with E-state index in [-0.39, 0.29) is 34.5 Å². The minimum Gasteiger partial charge on any atom is -0.313 e. The van der Waals surface area contributed by atoms with E-state index in [4.69, 9.17) is 11.6 Å². The van der Waals surface area contributed by atoms with Gasteiger partial charge in [-0.25, -0.2) is 18.4 Å². The van der Waals surface area contributed by atoms with Gasteiger partial charge in [-0.3, -0.25) is 0 Å². The van der Waals surface area contributed by atoms with Gasteiger partial charge in [-0.15, -0.1) is 12.4 Å². The summed E-state index contributed by atoms with van der Waals surface area (Å²) in [6, 6.07) is 1.54. The fraction of sp³-hybridized carbons (Fsp3) is 0.600. The minimum absolute atomic E-state index is 0. The van der Waals surface area contributed by atoms with Crippen LogP contribution in [0.5, 0.6) is 0 Å². The van der Waals surface area contributed by atoms with E-state index in [2.05, 4.69) is 15.3 Å². The Kier molecular flexibility index (Phi) is 5.33. The van der Waals surface area contributed by atoms with Gasteiger partial charge in [0, 0.05) is 11.7 Å². The zero-order chi connectivity index (χ0) is 12.5. The lowest BCUT2D eigenvalue weighted by atomic mass is 10.3. The largest absolute Gasteiger partial charge is 0.313 e. The number of sulfone groups is 1. The van der Waals surface area contributed by atoms with Gasteiger partial charge >= 0.3 is 0 Å². The van der Waals surface area contributed by atoms with Gasteiger partial charge in [0.25, 0.3) is 0 Å². The molecule has 2 heterocycles. The van der Waals surface area contributed by atoms with Crippen molar-refractivity contribution in [1.29, 1.82) is 0 Å². The van der Waals surface area contributed by atoms with E-state index in [1.807, 2.05) is 0 Å². The van der Waals surface area contributed by atoms with Gasteiger partial charge < -0.3 is 5.32 Å². The Morgan fingerprint density at radius 1 is 1.50 bits per heavy atom. The number of hydrogen-bond acceptors (Lipinski definition) is 5. The average molecular weight is 312 g/mol. The molecule has 0 aliphatic carbocycles. The Bertz CT molecular complexity index is 496. The lowest BCUT2D eigenvalue weighted by Crippen LogP contribution is -2.30. The van der Waals surface area contributed by atoms with Gasteiger partial charge in [-0.05, 0) is 32.4 Å². The molecule has 1 aliphatic rings. The van der Waals surface area contributed by atoms with Crippen LogP contribution in [0.25, 0.3) is 0 Å². The Morgan fingerprint density at radius 3 is 2.78 bits per heavy atom. The second-order valence-corrected chi connectivity index (χ2v) is 6.50. The van der Waals surface area contributed by atoms with E-state index in [1.165, 1.54) is 6.07 Å². The van der Waals surface area contributed by atoms with Gasteiger partial charge in [-0.1, -0.05) is 11.6 Å². The van der Waals surface area contributed by atoms with Crippen LogP contribution >= 0.6 is 24.0 Å². The predicted molar refractivity (Wildman–Crippen MR) is 72.1 cm³/mol. The van der Waals surface area contributed by atoms with Crippen molar-refractivity contribution in [3.05, 3.63) is 16.9 Å². The second kappa shape index (κ2) is 6.14. The summed E-state index contributed by atoms with van der Waals surface area (Å²) < 4.78 is 24.1. The van der Waals surface area contributed by atoms with E-state index in [0.29, 0.717) is 5.69 Å². The quantitative estimate of drug-likeness (QED) is 0.674. The molecule has 0 amide bonds. The molecule has 18 heavy (non-hydrogen) atoms. The number of nitrogens with one attached hydrogen (secondary N) is 1. The molecule has 1 saturated heterocycles. The molecule has 1 unspecified atom stereocenters. The zero-order valence-corrected chi connectivity index (χ0v) is 12.3. The topological polar surface area (TPSA) is 72.0 Å². The molecule has 1 fully saturated rings. The monoisotopic (exact) mass is 311 g/mol. The number of rotatable bonds is 3. The number of aryl methyl sites for hydroxylation is 1. The molecule has 1 N–H and O–H groups in total. The van der Waals surface area contributed by atoms with Crippen molar-refractivity contribution < 1.29 is 8.42 Å². The number of hydrogen-bond donors (Lipinski definition) is 1. The van der Waals surface area contributed by atoms with E-state index in [9.17, 15) is 8.42 Å². The fourth-order valence-corrected chi connectivity index (χ4v) is 3.65. The molecular weight excluding hydrogens is 297 g/mol. The van der Waals surface area contributed by atoms with Gasteiger partial charge in [0.1, 0.15) is 5.15 Å². The third-order valence-electron chi connectivity index (χ3n) is 2.66. The van der Waals surface area contributed by atoms with Crippen LogP contribution in [-0.2, 0) is 9.84 Å². The van der Waals surface area contributed by atoms with E-state index in [0.717, 1.165) is 19.4 Å². The highest BCUT2D eigenvalue weighted by Gasteiger charge is 2.26. The molecule has 0 aromatic carbocycles. The molecular formula is C10H15Cl2N3O2S. The average Bonchev–Trinajstić information content (AvgIpc) is 2.68. The molecule has 8 heteroatoms. The SMILES string of the molecule is Cc1cc(Cl)nc(S(=O)(=O)CC2CCCN2)n1.Cl. The summed E-state index contributed by atoms with van der Waals surface area (Å²) in [5.74, 6) is 0.0345. The van der Waals surface area contributed by atoms with Crippen LogP contribution in [0.15, 0.2) is 11.2 Å². The molecule has 0 spiro atoms. The summed E-state index contributed by atoms with van der Waals surface area (Å²) in [7, 11) is -3.46. The van der Waals surface area contributed by atoms with Gasteiger partial charge in [-0.2, -0.15) is 0 Å². The smallest absolute Gasteiger partial charge is 0.248 e. The molecule has 1 aromatic rings. The van der Waals surface area contributed by atoms with Crippen molar-refractivity contribution in [2.24, 2.45) is 0 Å². The summed E-state index contributed by atoms with van der Waals surface area (Å²) in [5.41, 5.74) is 0.558. The molecule has 1 aliphatic heterocycles. The summed E-state index contributed by atoms with van der Waals surface area (Å²) in [4.78, 5) is 7.72. The van der Waals surface area contributed by atoms with Crippen LogP contribution in [0.3, 0.4) is 0 Å². The number of halogens is 2. The van der Waals surface area contributed by atoms with Crippen LogP contribution in [0, 0.1) is 6.92 Å². The third kappa shape index (κ3) is 3.78. The highest BCUT2D eigenvalue weighted by atomic mass is 35.5. The Morgan fingerprint density at radius 2 is 2.22 bits per heavy atom. The lowest BCUT2D eigenvalue weighted by Gasteiger charge is -2.10. The number of aromatic nitrogens is 2. The molecule has 5 nitrogen and oxygen atoms in total. The van der Waals surface area contributed by atoms with Crippen molar-refractivity contribution >= 4 is 33.8 Å². The highest BCUT2D eigenvalue weighted by molar-refractivity contribution is 7.91. The third-order valence-corrected chi connectivity index (χ3v) is 4.44. The van der Waals surface area contributed by atoms with Crippen molar-refractivity contribution in [2.75, 3.05) is 12.3 Å². The van der Waals surface area contributed by atoms with E-state index in [1.54, 1.807) is 6.92 Å². The minimum atomic E-state index is -3.46. The van der Waals surface area contributed by atoms with Gasteiger partial charge in [0.15, 0.2) is 0 Å². The second-order valence-electron chi connectivity index (χ2n) is 4.19. The van der Waals surface area contributed by atoms with Crippen molar-refractivity contribution in [3.63, 3.8) is 0 Å². The van der Waals surface area contributed by atoms with Crippen molar-refractivity contribution in [3.8, 4) is 0 Å². The predicted octanol–water partition coefficient (Wildman–Crippen LogP) is 1.39. The fourth-order valence-electron chi connectivity index (χ4n) is 1.88. The maximum Gasteiger partial charge on any atom is 0.248 e. The normalized spacial score (nSPS) is 19.6. The van der Waals surface area contributed by atoms with Crippen LogP contribution in [-0.4, -0.2) is 36.7 Å². The first-order valence-corrected chi connectivity index (χ1v) is 7.48. The summed E-state index contributed by atoms with van der Waals surface area (Å²) in [6.07, 6.45) is 1.88. The van der Waals surface area contributed by atoms with Crippen molar-refractivity contribution in [1.82, 2.24) is 15.3 Å². The lowest BCUT2D eigenvalue weighted by molar-refractivity contribution is 0.568. The molecule has 0 saturated carbocycles. The first-order valence-electron chi connectivity index (χ1n) is 5.45. The van der Waals surface area contributed by atoms with Crippen LogP contribution < -0.4 is 5.32 Å².